The standard InChI is InChI=1S/C9H16ClNO/c1-2-9(4-5-9)7-11-8(12)3-6-10/h2-7H2,1H3,(H,11,12). The first-order valence-corrected chi connectivity index (χ1v) is 5.08. The van der Waals surface area contributed by atoms with Gasteiger partial charge >= 0.3 is 0 Å². The zero-order valence-electron chi connectivity index (χ0n) is 7.53. The quantitative estimate of drug-likeness (QED) is 0.658. The van der Waals surface area contributed by atoms with E-state index in [9.17, 15) is 4.79 Å². The molecule has 0 spiro atoms. The molecule has 0 saturated heterocycles. The molecule has 1 saturated carbocycles. The predicted molar refractivity (Wildman–Crippen MR) is 50.3 cm³/mol. The van der Waals surface area contributed by atoms with E-state index >= 15 is 0 Å². The van der Waals surface area contributed by atoms with Gasteiger partial charge in [0.25, 0.3) is 0 Å². The molecule has 1 amide bonds. The van der Waals surface area contributed by atoms with Gasteiger partial charge in [-0.25, -0.2) is 0 Å². The van der Waals surface area contributed by atoms with E-state index in [0.29, 0.717) is 17.7 Å². The van der Waals surface area contributed by atoms with Crippen molar-refractivity contribution < 1.29 is 4.79 Å². The number of halogens is 1. The van der Waals surface area contributed by atoms with Crippen LogP contribution in [0.4, 0.5) is 0 Å². The highest BCUT2D eigenvalue weighted by atomic mass is 35.5. The van der Waals surface area contributed by atoms with Crippen LogP contribution in [-0.2, 0) is 4.79 Å². The summed E-state index contributed by atoms with van der Waals surface area (Å²) in [5, 5.41) is 2.91. The Labute approximate surface area is 78.7 Å². The fraction of sp³-hybridized carbons (Fsp3) is 0.889. The minimum atomic E-state index is 0.0877. The van der Waals surface area contributed by atoms with Gasteiger partial charge < -0.3 is 5.32 Å². The van der Waals surface area contributed by atoms with Crippen LogP contribution in [0.1, 0.15) is 32.6 Å². The lowest BCUT2D eigenvalue weighted by Crippen LogP contribution is -2.29. The van der Waals surface area contributed by atoms with Gasteiger partial charge in [-0.05, 0) is 24.7 Å². The Morgan fingerprint density at radius 2 is 2.25 bits per heavy atom. The lowest BCUT2D eigenvalue weighted by Gasteiger charge is -2.12. The van der Waals surface area contributed by atoms with Crippen LogP contribution in [0.25, 0.3) is 0 Å². The first-order chi connectivity index (χ1) is 5.72. The van der Waals surface area contributed by atoms with E-state index in [-0.39, 0.29) is 5.91 Å². The van der Waals surface area contributed by atoms with Crippen LogP contribution in [0.5, 0.6) is 0 Å². The molecule has 1 rings (SSSR count). The summed E-state index contributed by atoms with van der Waals surface area (Å²) in [5.74, 6) is 0.509. The molecule has 0 heterocycles. The van der Waals surface area contributed by atoms with Crippen molar-refractivity contribution in [2.75, 3.05) is 12.4 Å². The molecule has 3 heteroatoms. The number of amides is 1. The maximum atomic E-state index is 11.0. The number of hydrogen-bond acceptors (Lipinski definition) is 1. The van der Waals surface area contributed by atoms with Gasteiger partial charge in [-0.3, -0.25) is 4.79 Å². The number of carbonyl (C=O) groups excluding carboxylic acids is 1. The molecule has 0 aromatic rings. The maximum absolute atomic E-state index is 11.0. The third kappa shape index (κ3) is 2.67. The van der Waals surface area contributed by atoms with Crippen molar-refractivity contribution >= 4 is 17.5 Å². The summed E-state index contributed by atoms with van der Waals surface area (Å²) in [6.45, 7) is 3.03. The zero-order valence-corrected chi connectivity index (χ0v) is 8.28. The van der Waals surface area contributed by atoms with E-state index < -0.39 is 0 Å². The van der Waals surface area contributed by atoms with Gasteiger partial charge in [-0.2, -0.15) is 0 Å². The molecule has 0 aliphatic heterocycles. The van der Waals surface area contributed by atoms with Gasteiger partial charge in [0.05, 0.1) is 0 Å². The number of hydrogen-bond donors (Lipinski definition) is 1. The predicted octanol–water partition coefficient (Wildman–Crippen LogP) is 1.92. The van der Waals surface area contributed by atoms with E-state index in [1.807, 2.05) is 0 Å². The van der Waals surface area contributed by atoms with Gasteiger partial charge in [-0.1, -0.05) is 6.92 Å². The Balaban J connectivity index is 2.12. The van der Waals surface area contributed by atoms with Crippen LogP contribution in [0.3, 0.4) is 0 Å². The smallest absolute Gasteiger partial charge is 0.221 e. The minimum Gasteiger partial charge on any atom is -0.356 e. The Kier molecular flexibility index (Phi) is 3.39. The van der Waals surface area contributed by atoms with E-state index in [1.165, 1.54) is 19.3 Å². The molecule has 70 valence electrons. The molecule has 1 fully saturated rings. The summed E-state index contributed by atoms with van der Waals surface area (Å²) >= 11 is 5.44. The molecule has 2 nitrogen and oxygen atoms in total. The Morgan fingerprint density at radius 1 is 1.58 bits per heavy atom. The third-order valence-electron chi connectivity index (χ3n) is 2.69. The lowest BCUT2D eigenvalue weighted by atomic mass is 10.0. The van der Waals surface area contributed by atoms with Crippen LogP contribution in [0.15, 0.2) is 0 Å². The molecule has 12 heavy (non-hydrogen) atoms. The summed E-state index contributed by atoms with van der Waals surface area (Å²) in [6.07, 6.45) is 4.16. The van der Waals surface area contributed by atoms with Gasteiger partial charge in [0.2, 0.25) is 5.91 Å². The summed E-state index contributed by atoms with van der Waals surface area (Å²) < 4.78 is 0. The first kappa shape index (κ1) is 9.85. The second-order valence-corrected chi connectivity index (χ2v) is 3.95. The van der Waals surface area contributed by atoms with Crippen LogP contribution in [-0.4, -0.2) is 18.3 Å². The Hall–Kier alpha value is -0.240. The van der Waals surface area contributed by atoms with Crippen molar-refractivity contribution in [3.63, 3.8) is 0 Å². The minimum absolute atomic E-state index is 0.0877. The van der Waals surface area contributed by atoms with Crippen LogP contribution in [0, 0.1) is 5.41 Å². The van der Waals surface area contributed by atoms with E-state index in [2.05, 4.69) is 12.2 Å². The Morgan fingerprint density at radius 3 is 2.67 bits per heavy atom. The lowest BCUT2D eigenvalue weighted by molar-refractivity contribution is -0.120. The second kappa shape index (κ2) is 4.13. The van der Waals surface area contributed by atoms with Crippen molar-refractivity contribution in [1.29, 1.82) is 0 Å². The van der Waals surface area contributed by atoms with E-state index in [1.54, 1.807) is 0 Å². The van der Waals surface area contributed by atoms with E-state index in [0.717, 1.165) is 6.54 Å². The molecule has 0 unspecified atom stereocenters. The van der Waals surface area contributed by atoms with Gasteiger partial charge in [0, 0.05) is 18.8 Å². The third-order valence-corrected chi connectivity index (χ3v) is 2.88. The van der Waals surface area contributed by atoms with Crippen molar-refractivity contribution in [2.45, 2.75) is 32.6 Å². The largest absolute Gasteiger partial charge is 0.356 e. The van der Waals surface area contributed by atoms with Gasteiger partial charge in [-0.15, -0.1) is 11.6 Å². The average Bonchev–Trinajstić information content (AvgIpc) is 2.82. The molecule has 0 bridgehead atoms. The second-order valence-electron chi connectivity index (χ2n) is 3.57. The maximum Gasteiger partial charge on any atom is 0.221 e. The van der Waals surface area contributed by atoms with Crippen molar-refractivity contribution in [1.82, 2.24) is 5.32 Å². The molecule has 1 aliphatic rings. The molecule has 0 radical (unpaired) electrons. The molecule has 0 aromatic carbocycles. The number of alkyl halides is 1. The topological polar surface area (TPSA) is 29.1 Å². The first-order valence-electron chi connectivity index (χ1n) is 4.55. The summed E-state index contributed by atoms with van der Waals surface area (Å²) in [4.78, 5) is 11.0. The van der Waals surface area contributed by atoms with Crippen molar-refractivity contribution in [3.05, 3.63) is 0 Å². The highest BCUT2D eigenvalue weighted by Crippen LogP contribution is 2.47. The number of nitrogens with one attached hydrogen (secondary N) is 1. The van der Waals surface area contributed by atoms with Gasteiger partial charge in [0.15, 0.2) is 0 Å². The summed E-state index contributed by atoms with van der Waals surface area (Å²) in [5.41, 5.74) is 0.446. The average molecular weight is 190 g/mol. The monoisotopic (exact) mass is 189 g/mol. The van der Waals surface area contributed by atoms with Crippen molar-refractivity contribution in [2.24, 2.45) is 5.41 Å². The molecular formula is C9H16ClNO. The SMILES string of the molecule is CCC1(CNC(=O)CCCl)CC1. The van der Waals surface area contributed by atoms with Crippen LogP contribution in [0.2, 0.25) is 0 Å². The molecule has 1 N–H and O–H groups in total. The van der Waals surface area contributed by atoms with Crippen LogP contribution < -0.4 is 5.32 Å². The summed E-state index contributed by atoms with van der Waals surface area (Å²) in [7, 11) is 0. The summed E-state index contributed by atoms with van der Waals surface area (Å²) in [6, 6.07) is 0. The highest BCUT2D eigenvalue weighted by Gasteiger charge is 2.40. The number of carbonyl (C=O) groups is 1. The fourth-order valence-electron chi connectivity index (χ4n) is 1.29. The van der Waals surface area contributed by atoms with Gasteiger partial charge in [0.1, 0.15) is 0 Å². The Bertz CT molecular complexity index is 166. The molecular weight excluding hydrogens is 174 g/mol. The van der Waals surface area contributed by atoms with E-state index in [4.69, 9.17) is 11.6 Å². The fourth-order valence-corrected chi connectivity index (χ4v) is 1.46. The highest BCUT2D eigenvalue weighted by molar-refractivity contribution is 6.18. The number of rotatable bonds is 5. The normalized spacial score (nSPS) is 18.8. The molecule has 0 atom stereocenters. The molecule has 0 aromatic heterocycles. The van der Waals surface area contributed by atoms with Crippen LogP contribution >= 0.6 is 11.6 Å². The molecule has 1 aliphatic carbocycles. The van der Waals surface area contributed by atoms with Crippen molar-refractivity contribution in [3.8, 4) is 0 Å². The zero-order chi connectivity index (χ0) is 9.03.